The molecular weight excluding hydrogens is 260 g/mol. The molecule has 2 rings (SSSR count). The van der Waals surface area contributed by atoms with Gasteiger partial charge in [0.1, 0.15) is 11.4 Å². The Morgan fingerprint density at radius 1 is 1.60 bits per heavy atom. The number of carbonyl (C=O) groups is 1. The number of nitrogens with zero attached hydrogens (tertiary/aromatic N) is 3. The van der Waals surface area contributed by atoms with Gasteiger partial charge in [0.25, 0.3) is 0 Å². The van der Waals surface area contributed by atoms with Gasteiger partial charge in [0.05, 0.1) is 18.0 Å². The second-order valence-electron chi connectivity index (χ2n) is 5.40. The van der Waals surface area contributed by atoms with Crippen molar-refractivity contribution in [1.82, 2.24) is 9.88 Å². The van der Waals surface area contributed by atoms with Gasteiger partial charge in [-0.3, -0.25) is 0 Å². The van der Waals surface area contributed by atoms with E-state index < -0.39 is 12.1 Å². The number of likely N-dealkylation sites (N-methyl/N-ethyl adjacent to an activating group) is 1. The highest BCUT2D eigenvalue weighted by Gasteiger charge is 2.34. The first-order valence-corrected chi connectivity index (χ1v) is 6.46. The van der Waals surface area contributed by atoms with Gasteiger partial charge in [0, 0.05) is 19.1 Å². The summed E-state index contributed by atoms with van der Waals surface area (Å²) >= 11 is 0. The SMILES string of the molecule is CN(C)CC1CC(O)CN1c1ncc(N)cc1C(=O)O. The number of nitrogens with two attached hydrogens (primary N) is 1. The van der Waals surface area contributed by atoms with Crippen molar-refractivity contribution in [2.75, 3.05) is 37.8 Å². The van der Waals surface area contributed by atoms with Crippen LogP contribution in [0.4, 0.5) is 11.5 Å². The number of anilines is 2. The van der Waals surface area contributed by atoms with Gasteiger partial charge in [-0.15, -0.1) is 0 Å². The van der Waals surface area contributed by atoms with E-state index >= 15 is 0 Å². The van der Waals surface area contributed by atoms with Gasteiger partial charge >= 0.3 is 5.97 Å². The average molecular weight is 280 g/mol. The van der Waals surface area contributed by atoms with E-state index in [1.54, 1.807) is 0 Å². The molecular formula is C13H20N4O3. The topological polar surface area (TPSA) is 103 Å². The molecule has 0 saturated carbocycles. The summed E-state index contributed by atoms with van der Waals surface area (Å²) in [7, 11) is 3.88. The van der Waals surface area contributed by atoms with Crippen molar-refractivity contribution in [3.8, 4) is 0 Å². The Balaban J connectivity index is 2.36. The van der Waals surface area contributed by atoms with Crippen LogP contribution in [0.2, 0.25) is 0 Å². The zero-order valence-electron chi connectivity index (χ0n) is 11.7. The standard InChI is InChI=1S/C13H20N4O3/c1-16(2)6-9-4-10(18)7-17(9)12-11(13(19)20)3-8(14)5-15-12/h3,5,9-10,18H,4,6-7,14H2,1-2H3,(H,19,20). The highest BCUT2D eigenvalue weighted by Crippen LogP contribution is 2.28. The number of aromatic carboxylic acids is 1. The van der Waals surface area contributed by atoms with Crippen molar-refractivity contribution in [2.45, 2.75) is 18.6 Å². The molecule has 110 valence electrons. The Morgan fingerprint density at radius 3 is 2.90 bits per heavy atom. The molecule has 7 heteroatoms. The third kappa shape index (κ3) is 3.00. The quantitative estimate of drug-likeness (QED) is 0.705. The number of β-amino-alcohol motifs (C(OH)–C–C–N with tert-alkyl or cyclic N) is 1. The Labute approximate surface area is 117 Å². The van der Waals surface area contributed by atoms with Crippen molar-refractivity contribution >= 4 is 17.5 Å². The van der Waals surface area contributed by atoms with E-state index in [4.69, 9.17) is 5.73 Å². The highest BCUT2D eigenvalue weighted by atomic mass is 16.4. The summed E-state index contributed by atoms with van der Waals surface area (Å²) in [5.41, 5.74) is 5.99. The van der Waals surface area contributed by atoms with E-state index in [-0.39, 0.29) is 11.6 Å². The van der Waals surface area contributed by atoms with Crippen molar-refractivity contribution in [3.05, 3.63) is 17.8 Å². The van der Waals surface area contributed by atoms with Crippen molar-refractivity contribution < 1.29 is 15.0 Å². The minimum atomic E-state index is -1.07. The van der Waals surface area contributed by atoms with Crippen LogP contribution in [0.15, 0.2) is 12.3 Å². The van der Waals surface area contributed by atoms with Crippen LogP contribution in [0.3, 0.4) is 0 Å². The first-order chi connectivity index (χ1) is 9.38. The monoisotopic (exact) mass is 280 g/mol. The van der Waals surface area contributed by atoms with Crippen molar-refractivity contribution in [3.63, 3.8) is 0 Å². The minimum Gasteiger partial charge on any atom is -0.478 e. The molecule has 20 heavy (non-hydrogen) atoms. The molecule has 0 radical (unpaired) electrons. The summed E-state index contributed by atoms with van der Waals surface area (Å²) < 4.78 is 0. The molecule has 0 aromatic carbocycles. The molecule has 2 heterocycles. The molecule has 0 spiro atoms. The normalized spacial score (nSPS) is 22.5. The molecule has 1 saturated heterocycles. The molecule has 2 atom stereocenters. The lowest BCUT2D eigenvalue weighted by Crippen LogP contribution is -2.38. The number of hydrogen-bond acceptors (Lipinski definition) is 6. The summed E-state index contributed by atoms with van der Waals surface area (Å²) in [5.74, 6) is -0.695. The zero-order chi connectivity index (χ0) is 14.9. The molecule has 0 aliphatic carbocycles. The number of nitrogen functional groups attached to an aromatic ring is 1. The maximum Gasteiger partial charge on any atom is 0.339 e. The van der Waals surface area contributed by atoms with Gasteiger partial charge in [-0.1, -0.05) is 0 Å². The molecule has 1 aromatic rings. The van der Waals surface area contributed by atoms with Crippen LogP contribution in [0, 0.1) is 0 Å². The molecule has 7 nitrogen and oxygen atoms in total. The Hall–Kier alpha value is -1.86. The van der Waals surface area contributed by atoms with E-state index in [1.807, 2.05) is 23.9 Å². The van der Waals surface area contributed by atoms with E-state index in [0.29, 0.717) is 24.5 Å². The number of rotatable bonds is 4. The number of aliphatic hydroxyl groups excluding tert-OH is 1. The summed E-state index contributed by atoms with van der Waals surface area (Å²) in [6, 6.07) is 1.44. The molecule has 4 N–H and O–H groups in total. The fraction of sp³-hybridized carbons (Fsp3) is 0.538. The Bertz CT molecular complexity index is 506. The lowest BCUT2D eigenvalue weighted by atomic mass is 10.1. The minimum absolute atomic E-state index is 0.0363. The summed E-state index contributed by atoms with van der Waals surface area (Å²) in [6.07, 6.45) is 1.57. The van der Waals surface area contributed by atoms with Gasteiger partial charge < -0.3 is 25.7 Å². The Morgan fingerprint density at radius 2 is 2.30 bits per heavy atom. The highest BCUT2D eigenvalue weighted by molar-refractivity contribution is 5.94. The lowest BCUT2D eigenvalue weighted by Gasteiger charge is -2.28. The van der Waals surface area contributed by atoms with Crippen molar-refractivity contribution in [1.29, 1.82) is 0 Å². The van der Waals surface area contributed by atoms with Gasteiger partial charge in [-0.05, 0) is 26.6 Å². The predicted molar refractivity (Wildman–Crippen MR) is 75.9 cm³/mol. The van der Waals surface area contributed by atoms with Crippen molar-refractivity contribution in [2.24, 2.45) is 0 Å². The molecule has 2 unspecified atom stereocenters. The van der Waals surface area contributed by atoms with E-state index in [0.717, 1.165) is 6.54 Å². The van der Waals surface area contributed by atoms with E-state index in [9.17, 15) is 15.0 Å². The first kappa shape index (κ1) is 14.5. The van der Waals surface area contributed by atoms with Crippen LogP contribution in [0.1, 0.15) is 16.8 Å². The predicted octanol–water partition coefficient (Wildman–Crippen LogP) is -0.137. The third-order valence-electron chi connectivity index (χ3n) is 3.36. The fourth-order valence-electron chi connectivity index (χ4n) is 2.61. The van der Waals surface area contributed by atoms with E-state index in [2.05, 4.69) is 4.98 Å². The fourth-order valence-corrected chi connectivity index (χ4v) is 2.61. The lowest BCUT2D eigenvalue weighted by molar-refractivity contribution is 0.0697. The average Bonchev–Trinajstić information content (AvgIpc) is 2.69. The molecule has 1 aliphatic rings. The summed E-state index contributed by atoms with van der Waals surface area (Å²) in [4.78, 5) is 19.4. The second-order valence-corrected chi connectivity index (χ2v) is 5.40. The van der Waals surface area contributed by atoms with Crippen LogP contribution in [-0.4, -0.2) is 65.4 Å². The summed E-state index contributed by atoms with van der Waals surface area (Å²) in [5, 5.41) is 19.2. The number of pyridine rings is 1. The van der Waals surface area contributed by atoms with Crippen LogP contribution in [-0.2, 0) is 0 Å². The van der Waals surface area contributed by atoms with Crippen LogP contribution >= 0.6 is 0 Å². The van der Waals surface area contributed by atoms with Gasteiger partial charge in [-0.2, -0.15) is 0 Å². The zero-order valence-corrected chi connectivity index (χ0v) is 11.7. The van der Waals surface area contributed by atoms with Gasteiger partial charge in [0.15, 0.2) is 0 Å². The number of hydrogen-bond donors (Lipinski definition) is 3. The number of aromatic nitrogens is 1. The van der Waals surface area contributed by atoms with Crippen LogP contribution < -0.4 is 10.6 Å². The van der Waals surface area contributed by atoms with Gasteiger partial charge in [0.2, 0.25) is 0 Å². The molecule has 0 bridgehead atoms. The van der Waals surface area contributed by atoms with E-state index in [1.165, 1.54) is 12.3 Å². The molecule has 1 aromatic heterocycles. The maximum absolute atomic E-state index is 11.3. The first-order valence-electron chi connectivity index (χ1n) is 6.46. The summed E-state index contributed by atoms with van der Waals surface area (Å²) in [6.45, 7) is 1.11. The molecule has 1 aliphatic heterocycles. The molecule has 0 amide bonds. The van der Waals surface area contributed by atoms with Crippen LogP contribution in [0.25, 0.3) is 0 Å². The number of carboxylic acid groups (broad SMARTS) is 1. The second kappa shape index (κ2) is 5.64. The molecule has 1 fully saturated rings. The largest absolute Gasteiger partial charge is 0.478 e. The van der Waals surface area contributed by atoms with Crippen LogP contribution in [0.5, 0.6) is 0 Å². The smallest absolute Gasteiger partial charge is 0.339 e. The maximum atomic E-state index is 11.3. The number of aliphatic hydroxyl groups is 1. The Kier molecular flexibility index (Phi) is 4.10. The van der Waals surface area contributed by atoms with Gasteiger partial charge in [-0.25, -0.2) is 9.78 Å². The number of carboxylic acids is 1. The third-order valence-corrected chi connectivity index (χ3v) is 3.36.